The molecule has 0 aromatic carbocycles. The number of anilines is 1. The van der Waals surface area contributed by atoms with Gasteiger partial charge in [-0.15, -0.1) is 0 Å². The number of nitrogens with two attached hydrogens (primary N) is 1. The Morgan fingerprint density at radius 2 is 2.29 bits per heavy atom. The monoisotopic (exact) mass is 237 g/mol. The van der Waals surface area contributed by atoms with Crippen molar-refractivity contribution >= 4 is 11.7 Å². The molecule has 17 heavy (non-hydrogen) atoms. The lowest BCUT2D eigenvalue weighted by Crippen LogP contribution is -2.31. The molecular formula is C11H19N5O. The minimum absolute atomic E-state index is 0.144. The average Bonchev–Trinajstić information content (AvgIpc) is 2.37. The van der Waals surface area contributed by atoms with E-state index in [4.69, 9.17) is 5.84 Å². The summed E-state index contributed by atoms with van der Waals surface area (Å²) in [5.41, 5.74) is 2.67. The van der Waals surface area contributed by atoms with E-state index in [-0.39, 0.29) is 5.91 Å². The van der Waals surface area contributed by atoms with Crippen LogP contribution in [0.25, 0.3) is 0 Å². The van der Waals surface area contributed by atoms with Gasteiger partial charge in [0.2, 0.25) is 0 Å². The SMILES string of the molecule is CCC(C)CN(C)C(=O)c1cncc(NN)n1. The number of rotatable bonds is 5. The van der Waals surface area contributed by atoms with Gasteiger partial charge in [0.1, 0.15) is 5.69 Å². The van der Waals surface area contributed by atoms with E-state index in [1.165, 1.54) is 12.4 Å². The van der Waals surface area contributed by atoms with Gasteiger partial charge in [0, 0.05) is 13.6 Å². The first-order chi connectivity index (χ1) is 8.08. The molecule has 6 heteroatoms. The molecule has 1 amide bonds. The third-order valence-electron chi connectivity index (χ3n) is 2.63. The van der Waals surface area contributed by atoms with E-state index >= 15 is 0 Å². The van der Waals surface area contributed by atoms with Crippen LogP contribution in [0.3, 0.4) is 0 Å². The molecule has 3 N–H and O–H groups in total. The molecule has 1 aromatic rings. The number of nitrogens with one attached hydrogen (secondary N) is 1. The van der Waals surface area contributed by atoms with Crippen molar-refractivity contribution in [3.63, 3.8) is 0 Å². The van der Waals surface area contributed by atoms with E-state index in [0.717, 1.165) is 6.42 Å². The molecule has 0 saturated heterocycles. The molecule has 0 saturated carbocycles. The van der Waals surface area contributed by atoms with Crippen molar-refractivity contribution in [2.75, 3.05) is 19.0 Å². The maximum absolute atomic E-state index is 12.0. The second kappa shape index (κ2) is 6.15. The van der Waals surface area contributed by atoms with Gasteiger partial charge >= 0.3 is 0 Å². The summed E-state index contributed by atoms with van der Waals surface area (Å²) in [4.78, 5) is 21.6. The van der Waals surface area contributed by atoms with Crippen molar-refractivity contribution < 1.29 is 4.79 Å². The molecule has 0 aliphatic heterocycles. The summed E-state index contributed by atoms with van der Waals surface area (Å²) in [5, 5.41) is 0. The minimum Gasteiger partial charge on any atom is -0.340 e. The predicted molar refractivity (Wildman–Crippen MR) is 66.3 cm³/mol. The molecule has 0 aliphatic carbocycles. The van der Waals surface area contributed by atoms with Crippen molar-refractivity contribution in [1.82, 2.24) is 14.9 Å². The topological polar surface area (TPSA) is 84.1 Å². The summed E-state index contributed by atoms with van der Waals surface area (Å²) in [5.74, 6) is 5.92. The van der Waals surface area contributed by atoms with Gasteiger partial charge in [-0.25, -0.2) is 10.8 Å². The van der Waals surface area contributed by atoms with Crippen LogP contribution in [0.4, 0.5) is 5.82 Å². The molecule has 0 radical (unpaired) electrons. The van der Waals surface area contributed by atoms with Crippen LogP contribution in [0, 0.1) is 5.92 Å². The number of nitrogen functional groups attached to an aromatic ring is 1. The highest BCUT2D eigenvalue weighted by Crippen LogP contribution is 2.07. The summed E-state index contributed by atoms with van der Waals surface area (Å²) < 4.78 is 0. The Morgan fingerprint density at radius 3 is 2.88 bits per heavy atom. The van der Waals surface area contributed by atoms with E-state index in [1.807, 2.05) is 0 Å². The lowest BCUT2D eigenvalue weighted by atomic mass is 10.1. The Labute approximate surface area is 101 Å². The van der Waals surface area contributed by atoms with E-state index < -0.39 is 0 Å². The Kier molecular flexibility index (Phi) is 4.84. The predicted octanol–water partition coefficient (Wildman–Crippen LogP) is 0.880. The van der Waals surface area contributed by atoms with E-state index in [0.29, 0.717) is 24.0 Å². The fourth-order valence-corrected chi connectivity index (χ4v) is 1.41. The fraction of sp³-hybridized carbons (Fsp3) is 0.545. The quantitative estimate of drug-likeness (QED) is 0.586. The van der Waals surface area contributed by atoms with Crippen molar-refractivity contribution in [2.45, 2.75) is 20.3 Å². The van der Waals surface area contributed by atoms with Gasteiger partial charge in [0.15, 0.2) is 5.82 Å². The summed E-state index contributed by atoms with van der Waals surface area (Å²) >= 11 is 0. The molecule has 1 aromatic heterocycles. The third kappa shape index (κ3) is 3.67. The van der Waals surface area contributed by atoms with Gasteiger partial charge in [0.05, 0.1) is 12.4 Å². The van der Waals surface area contributed by atoms with Crippen molar-refractivity contribution in [3.05, 3.63) is 18.1 Å². The standard InChI is InChI=1S/C11H19N5O/c1-4-8(2)7-16(3)11(17)9-5-13-6-10(14-9)15-12/h5-6,8H,4,7,12H2,1-3H3,(H,14,15). The molecule has 94 valence electrons. The third-order valence-corrected chi connectivity index (χ3v) is 2.63. The lowest BCUT2D eigenvalue weighted by molar-refractivity contribution is 0.0769. The maximum Gasteiger partial charge on any atom is 0.273 e. The first-order valence-corrected chi connectivity index (χ1v) is 5.62. The number of hydrogen-bond acceptors (Lipinski definition) is 5. The second-order valence-corrected chi connectivity index (χ2v) is 4.13. The Bertz CT molecular complexity index is 382. The smallest absolute Gasteiger partial charge is 0.273 e. The summed E-state index contributed by atoms with van der Waals surface area (Å²) in [6.07, 6.45) is 3.94. The Morgan fingerprint density at radius 1 is 1.59 bits per heavy atom. The van der Waals surface area contributed by atoms with Crippen LogP contribution in [0.5, 0.6) is 0 Å². The number of hydrazine groups is 1. The number of nitrogens with zero attached hydrogens (tertiary/aromatic N) is 3. The molecule has 1 atom stereocenters. The minimum atomic E-state index is -0.144. The van der Waals surface area contributed by atoms with Crippen LogP contribution in [-0.2, 0) is 0 Å². The van der Waals surface area contributed by atoms with Crippen molar-refractivity contribution in [3.8, 4) is 0 Å². The molecule has 1 rings (SSSR count). The zero-order chi connectivity index (χ0) is 12.8. The highest BCUT2D eigenvalue weighted by molar-refractivity contribution is 5.92. The average molecular weight is 237 g/mol. The Balaban J connectivity index is 2.74. The van der Waals surface area contributed by atoms with E-state index in [2.05, 4.69) is 29.2 Å². The molecule has 6 nitrogen and oxygen atoms in total. The van der Waals surface area contributed by atoms with Gasteiger partial charge in [0.25, 0.3) is 5.91 Å². The number of carbonyl (C=O) groups is 1. The first-order valence-electron chi connectivity index (χ1n) is 5.62. The second-order valence-electron chi connectivity index (χ2n) is 4.13. The van der Waals surface area contributed by atoms with Crippen LogP contribution < -0.4 is 11.3 Å². The molecule has 0 bridgehead atoms. The number of aromatic nitrogens is 2. The van der Waals surface area contributed by atoms with Crippen LogP contribution in [-0.4, -0.2) is 34.4 Å². The Hall–Kier alpha value is -1.69. The molecule has 1 heterocycles. The highest BCUT2D eigenvalue weighted by Gasteiger charge is 2.15. The molecule has 0 fully saturated rings. The van der Waals surface area contributed by atoms with Crippen LogP contribution >= 0.6 is 0 Å². The van der Waals surface area contributed by atoms with Gasteiger partial charge in [-0.05, 0) is 5.92 Å². The fourth-order valence-electron chi connectivity index (χ4n) is 1.41. The first kappa shape index (κ1) is 13.4. The van der Waals surface area contributed by atoms with Gasteiger partial charge in [-0.3, -0.25) is 9.78 Å². The molecular weight excluding hydrogens is 218 g/mol. The zero-order valence-electron chi connectivity index (χ0n) is 10.5. The number of hydrogen-bond donors (Lipinski definition) is 2. The summed E-state index contributed by atoms with van der Waals surface area (Å²) in [6, 6.07) is 0. The van der Waals surface area contributed by atoms with Crippen molar-refractivity contribution in [1.29, 1.82) is 0 Å². The molecule has 0 aliphatic rings. The van der Waals surface area contributed by atoms with Crippen LogP contribution in [0.15, 0.2) is 12.4 Å². The normalized spacial score (nSPS) is 12.0. The van der Waals surface area contributed by atoms with Gasteiger partial charge < -0.3 is 10.3 Å². The molecule has 1 unspecified atom stereocenters. The lowest BCUT2D eigenvalue weighted by Gasteiger charge is -2.20. The van der Waals surface area contributed by atoms with Gasteiger partial charge in [-0.1, -0.05) is 20.3 Å². The van der Waals surface area contributed by atoms with Gasteiger partial charge in [-0.2, -0.15) is 0 Å². The maximum atomic E-state index is 12.0. The summed E-state index contributed by atoms with van der Waals surface area (Å²) in [6.45, 7) is 4.91. The highest BCUT2D eigenvalue weighted by atomic mass is 16.2. The molecule has 0 spiro atoms. The largest absolute Gasteiger partial charge is 0.340 e. The van der Waals surface area contributed by atoms with E-state index in [1.54, 1.807) is 11.9 Å². The van der Waals surface area contributed by atoms with E-state index in [9.17, 15) is 4.79 Å². The number of amides is 1. The zero-order valence-corrected chi connectivity index (χ0v) is 10.5. The summed E-state index contributed by atoms with van der Waals surface area (Å²) in [7, 11) is 1.76. The van der Waals surface area contributed by atoms with Crippen molar-refractivity contribution in [2.24, 2.45) is 11.8 Å². The van der Waals surface area contributed by atoms with Crippen LogP contribution in [0.1, 0.15) is 30.8 Å². The number of carbonyl (C=O) groups excluding carboxylic acids is 1. The van der Waals surface area contributed by atoms with Crippen LogP contribution in [0.2, 0.25) is 0 Å².